The Kier molecular flexibility index (Phi) is 3.79. The number of anilines is 3. The van der Waals surface area contributed by atoms with Crippen LogP contribution in [0.2, 0.25) is 0 Å². The predicted octanol–water partition coefficient (Wildman–Crippen LogP) is 3.13. The molecule has 0 fully saturated rings. The summed E-state index contributed by atoms with van der Waals surface area (Å²) in [4.78, 5) is 0.542. The number of rotatable bonds is 3. The van der Waals surface area contributed by atoms with Crippen LogP contribution in [0.15, 0.2) is 18.2 Å². The van der Waals surface area contributed by atoms with Crippen molar-refractivity contribution in [2.75, 3.05) is 16.6 Å². The molecule has 1 heterocycles. The largest absolute Gasteiger partial charge is 0.399 e. The van der Waals surface area contributed by atoms with Crippen LogP contribution >= 0.6 is 11.3 Å². The number of nitriles is 2. The van der Waals surface area contributed by atoms with Crippen LogP contribution in [-0.4, -0.2) is 0 Å². The number of hydrogen-bond donors (Lipinski definition) is 3. The Bertz CT molecular complexity index is 733. The maximum Gasteiger partial charge on any atom is 0.127 e. The summed E-state index contributed by atoms with van der Waals surface area (Å²) in [7, 11) is 0. The van der Waals surface area contributed by atoms with E-state index >= 15 is 0 Å². The second kappa shape index (κ2) is 5.52. The average Bonchev–Trinajstić information content (AvgIpc) is 2.73. The van der Waals surface area contributed by atoms with Gasteiger partial charge in [-0.05, 0) is 43.2 Å². The summed E-state index contributed by atoms with van der Waals surface area (Å²) in [6, 6.07) is 9.71. The van der Waals surface area contributed by atoms with Gasteiger partial charge >= 0.3 is 0 Å². The Balaban J connectivity index is 2.24. The molecule has 2 aromatic rings. The molecule has 5 nitrogen and oxygen atoms in total. The molecule has 0 saturated heterocycles. The molecule has 1 aromatic heterocycles. The highest BCUT2D eigenvalue weighted by molar-refractivity contribution is 7.17. The van der Waals surface area contributed by atoms with Crippen LogP contribution in [0, 0.1) is 36.5 Å². The molecule has 2 rings (SSSR count). The van der Waals surface area contributed by atoms with Gasteiger partial charge < -0.3 is 5.73 Å². The van der Waals surface area contributed by atoms with Crippen LogP contribution in [0.1, 0.15) is 21.6 Å². The maximum absolute atomic E-state index is 9.16. The van der Waals surface area contributed by atoms with Crippen LogP contribution in [0.25, 0.3) is 0 Å². The Morgan fingerprint density at radius 3 is 2.50 bits per heavy atom. The Labute approximate surface area is 121 Å². The Morgan fingerprint density at radius 1 is 1.15 bits per heavy atom. The molecule has 0 bridgehead atoms. The number of nitrogens with zero attached hydrogens (tertiary/aromatic N) is 2. The van der Waals surface area contributed by atoms with E-state index in [-0.39, 0.29) is 0 Å². The summed E-state index contributed by atoms with van der Waals surface area (Å²) in [5.74, 6) is 0. The average molecular weight is 283 g/mol. The van der Waals surface area contributed by atoms with E-state index in [1.807, 2.05) is 19.1 Å². The predicted molar refractivity (Wildman–Crippen MR) is 81.3 cm³/mol. The molecule has 0 amide bonds. The molecular weight excluding hydrogens is 270 g/mol. The quantitative estimate of drug-likeness (QED) is 0.594. The molecular formula is C14H13N5S. The van der Waals surface area contributed by atoms with Crippen molar-refractivity contribution in [1.29, 1.82) is 10.5 Å². The van der Waals surface area contributed by atoms with Gasteiger partial charge in [-0.3, -0.25) is 10.9 Å². The molecule has 0 unspecified atom stereocenters. The molecule has 20 heavy (non-hydrogen) atoms. The highest BCUT2D eigenvalue weighted by Gasteiger charge is 2.14. The van der Waals surface area contributed by atoms with Crippen molar-refractivity contribution in [3.63, 3.8) is 0 Å². The highest BCUT2D eigenvalue weighted by atomic mass is 32.1. The number of aryl methyl sites for hydroxylation is 1. The van der Waals surface area contributed by atoms with Gasteiger partial charge in [-0.25, -0.2) is 0 Å². The van der Waals surface area contributed by atoms with Gasteiger partial charge in [-0.2, -0.15) is 10.5 Å². The van der Waals surface area contributed by atoms with Gasteiger partial charge in [0.05, 0.1) is 11.3 Å². The third-order valence-electron chi connectivity index (χ3n) is 2.92. The van der Waals surface area contributed by atoms with Crippen LogP contribution in [0.3, 0.4) is 0 Å². The summed E-state index contributed by atoms with van der Waals surface area (Å²) >= 11 is 1.26. The lowest BCUT2D eigenvalue weighted by molar-refractivity contribution is 1.36. The summed E-state index contributed by atoms with van der Waals surface area (Å²) in [6.45, 7) is 3.71. The number of thiophene rings is 1. The van der Waals surface area contributed by atoms with E-state index in [0.717, 1.165) is 11.3 Å². The van der Waals surface area contributed by atoms with Crippen LogP contribution in [0.5, 0.6) is 0 Å². The zero-order chi connectivity index (χ0) is 14.7. The van der Waals surface area contributed by atoms with Gasteiger partial charge in [-0.1, -0.05) is 0 Å². The molecule has 0 aliphatic rings. The van der Waals surface area contributed by atoms with Gasteiger partial charge in [0.2, 0.25) is 0 Å². The standard InChI is InChI=1S/C14H13N5S/c1-8-5-10(17)3-4-12(8)18-19-14-11(6-15)9(2)13(7-16)20-14/h3-5,18-19H,17H2,1-2H3. The molecule has 1 aromatic carbocycles. The van der Waals surface area contributed by atoms with Gasteiger partial charge in [-0.15, -0.1) is 11.3 Å². The summed E-state index contributed by atoms with van der Waals surface area (Å²) in [5, 5.41) is 18.8. The van der Waals surface area contributed by atoms with Crippen molar-refractivity contribution in [3.8, 4) is 12.1 Å². The number of hydrazine groups is 1. The van der Waals surface area contributed by atoms with Crippen LogP contribution in [-0.2, 0) is 0 Å². The minimum absolute atomic E-state index is 0.493. The molecule has 100 valence electrons. The number of nitrogens with two attached hydrogens (primary N) is 1. The SMILES string of the molecule is Cc1cc(N)ccc1NNc1sc(C#N)c(C)c1C#N. The second-order valence-corrected chi connectivity index (χ2v) is 5.33. The highest BCUT2D eigenvalue weighted by Crippen LogP contribution is 2.32. The first-order valence-electron chi connectivity index (χ1n) is 5.88. The first kappa shape index (κ1) is 13.7. The number of benzene rings is 1. The van der Waals surface area contributed by atoms with E-state index in [1.54, 1.807) is 13.0 Å². The fourth-order valence-corrected chi connectivity index (χ4v) is 2.70. The first-order valence-corrected chi connectivity index (χ1v) is 6.70. The van der Waals surface area contributed by atoms with Gasteiger partial charge in [0.1, 0.15) is 22.0 Å². The summed E-state index contributed by atoms with van der Waals surface area (Å²) < 4.78 is 0. The van der Waals surface area contributed by atoms with Gasteiger partial charge in [0, 0.05) is 5.69 Å². The fourth-order valence-electron chi connectivity index (χ4n) is 1.79. The Morgan fingerprint density at radius 2 is 1.90 bits per heavy atom. The zero-order valence-corrected chi connectivity index (χ0v) is 11.9. The molecule has 0 saturated carbocycles. The lowest BCUT2D eigenvalue weighted by Crippen LogP contribution is -2.09. The molecule has 0 aliphatic heterocycles. The van der Waals surface area contributed by atoms with Crippen LogP contribution in [0.4, 0.5) is 16.4 Å². The van der Waals surface area contributed by atoms with Crippen molar-refractivity contribution < 1.29 is 0 Å². The number of nitrogen functional groups attached to an aromatic ring is 1. The van der Waals surface area contributed by atoms with E-state index in [2.05, 4.69) is 23.0 Å². The topological polar surface area (TPSA) is 97.7 Å². The Hall–Kier alpha value is -2.70. The van der Waals surface area contributed by atoms with Crippen molar-refractivity contribution >= 4 is 27.7 Å². The molecule has 0 aliphatic carbocycles. The number of nitrogens with one attached hydrogen (secondary N) is 2. The van der Waals surface area contributed by atoms with E-state index in [4.69, 9.17) is 16.3 Å². The minimum atomic E-state index is 0.493. The van der Waals surface area contributed by atoms with Crippen LogP contribution < -0.4 is 16.6 Å². The monoisotopic (exact) mass is 283 g/mol. The van der Waals surface area contributed by atoms with E-state index in [1.165, 1.54) is 11.3 Å². The minimum Gasteiger partial charge on any atom is -0.399 e. The molecule has 6 heteroatoms. The molecule has 4 N–H and O–H groups in total. The molecule has 0 atom stereocenters. The lowest BCUT2D eigenvalue weighted by Gasteiger charge is -2.11. The van der Waals surface area contributed by atoms with E-state index < -0.39 is 0 Å². The third-order valence-corrected chi connectivity index (χ3v) is 4.03. The lowest BCUT2D eigenvalue weighted by atomic mass is 10.2. The molecule has 0 spiro atoms. The van der Waals surface area contributed by atoms with Crippen molar-refractivity contribution in [3.05, 3.63) is 39.8 Å². The molecule has 0 radical (unpaired) electrons. The smallest absolute Gasteiger partial charge is 0.127 e. The summed E-state index contributed by atoms with van der Waals surface area (Å²) in [6.07, 6.45) is 0. The van der Waals surface area contributed by atoms with Gasteiger partial charge in [0.15, 0.2) is 0 Å². The van der Waals surface area contributed by atoms with Crippen molar-refractivity contribution in [2.24, 2.45) is 0 Å². The van der Waals surface area contributed by atoms with Gasteiger partial charge in [0.25, 0.3) is 0 Å². The van der Waals surface area contributed by atoms with Crippen molar-refractivity contribution in [2.45, 2.75) is 13.8 Å². The van der Waals surface area contributed by atoms with E-state index in [9.17, 15) is 0 Å². The fraction of sp³-hybridized carbons (Fsp3) is 0.143. The first-order chi connectivity index (χ1) is 9.56. The maximum atomic E-state index is 9.16. The third kappa shape index (κ3) is 2.51. The second-order valence-electron chi connectivity index (χ2n) is 4.31. The van der Waals surface area contributed by atoms with E-state index in [0.29, 0.717) is 26.7 Å². The number of hydrogen-bond acceptors (Lipinski definition) is 6. The van der Waals surface area contributed by atoms with Crippen molar-refractivity contribution in [1.82, 2.24) is 0 Å². The normalized spacial score (nSPS) is 9.60. The summed E-state index contributed by atoms with van der Waals surface area (Å²) in [5.41, 5.74) is 15.5. The zero-order valence-electron chi connectivity index (χ0n) is 11.1.